The number of carbonyl (C=O) groups is 2. The predicted octanol–water partition coefficient (Wildman–Crippen LogP) is 3.96. The number of alkyl halides is 3. The quantitative estimate of drug-likeness (QED) is 0.438. The minimum Gasteiger partial charge on any atom is -0.466 e. The molecule has 184 valence electrons. The molecule has 0 radical (unpaired) electrons. The molecule has 11 heteroatoms. The number of nitrogens with zero attached hydrogens (tertiary/aromatic N) is 1. The van der Waals surface area contributed by atoms with Gasteiger partial charge >= 0.3 is 12.1 Å². The maximum atomic E-state index is 13.1. The van der Waals surface area contributed by atoms with Crippen LogP contribution in [0.1, 0.15) is 35.7 Å². The van der Waals surface area contributed by atoms with Gasteiger partial charge in [-0.1, -0.05) is 24.3 Å². The number of piperidine rings is 1. The monoisotopic (exact) mass is 498 g/mol. The summed E-state index contributed by atoms with van der Waals surface area (Å²) in [6.45, 7) is 1.80. The molecule has 7 nitrogen and oxygen atoms in total. The summed E-state index contributed by atoms with van der Waals surface area (Å²) in [4.78, 5) is 24.4. The number of para-hydroxylation sites is 1. The summed E-state index contributed by atoms with van der Waals surface area (Å²) < 4.78 is 71.8. The standard InChI is InChI=1S/C23H25F3N2O5S/c1-2-33-22(30)16-10-12-28(13-11-16)34(31,32)18-7-5-6-17(14-18)21(29)15-27-20-9-4-3-8-19(20)23(24,25)26/h3-9,14,16,27H,2,10-13,15H2,1H3. The van der Waals surface area contributed by atoms with E-state index in [-0.39, 0.29) is 47.7 Å². The maximum absolute atomic E-state index is 13.1. The molecule has 0 amide bonds. The van der Waals surface area contributed by atoms with Gasteiger partial charge in [-0.25, -0.2) is 8.42 Å². The second-order valence-corrected chi connectivity index (χ2v) is 9.72. The smallest absolute Gasteiger partial charge is 0.418 e. The normalized spacial score (nSPS) is 15.6. The number of nitrogens with one attached hydrogen (secondary N) is 1. The Morgan fingerprint density at radius 3 is 2.41 bits per heavy atom. The number of carbonyl (C=O) groups excluding carboxylic acids is 2. The average molecular weight is 499 g/mol. The highest BCUT2D eigenvalue weighted by atomic mass is 32.2. The molecule has 2 aromatic carbocycles. The summed E-state index contributed by atoms with van der Waals surface area (Å²) in [7, 11) is -3.91. The van der Waals surface area contributed by atoms with Crippen LogP contribution in [0.25, 0.3) is 0 Å². The molecule has 3 rings (SSSR count). The summed E-state index contributed by atoms with van der Waals surface area (Å²) in [6.07, 6.45) is -3.92. The van der Waals surface area contributed by atoms with Gasteiger partial charge in [0, 0.05) is 24.3 Å². The molecular formula is C23H25F3N2O5S. The lowest BCUT2D eigenvalue weighted by Gasteiger charge is -2.30. The van der Waals surface area contributed by atoms with Crippen molar-refractivity contribution in [2.24, 2.45) is 5.92 Å². The Hall–Kier alpha value is -2.92. The number of Topliss-reactive ketones (excluding diaryl/α,β-unsaturated/α-hetero) is 1. The zero-order chi connectivity index (χ0) is 24.9. The Kier molecular flexibility index (Phi) is 7.98. The van der Waals surface area contributed by atoms with Crippen LogP contribution in [0.3, 0.4) is 0 Å². The highest BCUT2D eigenvalue weighted by Gasteiger charge is 2.34. The molecule has 1 fully saturated rings. The summed E-state index contributed by atoms with van der Waals surface area (Å²) in [5.41, 5.74) is -1.08. The molecule has 0 aromatic heterocycles. The van der Waals surface area contributed by atoms with E-state index < -0.39 is 34.1 Å². The fourth-order valence-electron chi connectivity index (χ4n) is 3.73. The number of benzene rings is 2. The van der Waals surface area contributed by atoms with Crippen LogP contribution in [0, 0.1) is 5.92 Å². The average Bonchev–Trinajstić information content (AvgIpc) is 2.82. The first-order chi connectivity index (χ1) is 16.0. The van der Waals surface area contributed by atoms with Crippen molar-refractivity contribution in [2.45, 2.75) is 30.8 Å². The van der Waals surface area contributed by atoms with E-state index in [1.54, 1.807) is 6.92 Å². The molecule has 1 aliphatic heterocycles. The number of sulfonamides is 1. The van der Waals surface area contributed by atoms with Crippen molar-refractivity contribution < 1.29 is 35.9 Å². The summed E-state index contributed by atoms with van der Waals surface area (Å²) in [6, 6.07) is 10.2. The van der Waals surface area contributed by atoms with Gasteiger partial charge in [-0.2, -0.15) is 17.5 Å². The molecule has 34 heavy (non-hydrogen) atoms. The number of esters is 1. The Morgan fingerprint density at radius 2 is 1.76 bits per heavy atom. The van der Waals surface area contributed by atoms with Crippen molar-refractivity contribution in [3.05, 3.63) is 59.7 Å². The number of rotatable bonds is 8. The topological polar surface area (TPSA) is 92.8 Å². The Balaban J connectivity index is 1.69. The van der Waals surface area contributed by atoms with Gasteiger partial charge < -0.3 is 10.1 Å². The fourth-order valence-corrected chi connectivity index (χ4v) is 5.25. The minimum absolute atomic E-state index is 0.0551. The molecule has 1 saturated heterocycles. The van der Waals surface area contributed by atoms with Crippen LogP contribution >= 0.6 is 0 Å². The van der Waals surface area contributed by atoms with Crippen molar-refractivity contribution in [1.29, 1.82) is 0 Å². The Bertz CT molecular complexity index is 1140. The second-order valence-electron chi connectivity index (χ2n) is 7.78. The van der Waals surface area contributed by atoms with Crippen LogP contribution in [0.4, 0.5) is 18.9 Å². The minimum atomic E-state index is -4.58. The lowest BCUT2D eigenvalue weighted by Crippen LogP contribution is -2.40. The van der Waals surface area contributed by atoms with Crippen LogP contribution in [-0.2, 0) is 25.7 Å². The van der Waals surface area contributed by atoms with Crippen LogP contribution in [0.15, 0.2) is 53.4 Å². The van der Waals surface area contributed by atoms with Crippen LogP contribution < -0.4 is 5.32 Å². The molecule has 0 aliphatic carbocycles. The van der Waals surface area contributed by atoms with E-state index in [1.165, 1.54) is 46.8 Å². The van der Waals surface area contributed by atoms with Gasteiger partial charge in [0.1, 0.15) is 0 Å². The number of ketones is 1. The lowest BCUT2D eigenvalue weighted by atomic mass is 9.98. The molecule has 2 aromatic rings. The highest BCUT2D eigenvalue weighted by Crippen LogP contribution is 2.34. The first-order valence-corrected chi connectivity index (χ1v) is 12.2. The SMILES string of the molecule is CCOC(=O)C1CCN(S(=O)(=O)c2cccc(C(=O)CNc3ccccc3C(F)(F)F)c2)CC1. The van der Waals surface area contributed by atoms with E-state index in [2.05, 4.69) is 5.32 Å². The number of anilines is 1. The van der Waals surface area contributed by atoms with E-state index in [9.17, 15) is 31.2 Å². The van der Waals surface area contributed by atoms with Gasteiger partial charge in [0.25, 0.3) is 0 Å². The van der Waals surface area contributed by atoms with E-state index in [0.717, 1.165) is 6.07 Å². The van der Waals surface area contributed by atoms with Crippen molar-refractivity contribution in [3.63, 3.8) is 0 Å². The number of hydrogen-bond donors (Lipinski definition) is 1. The molecule has 1 N–H and O–H groups in total. The zero-order valence-electron chi connectivity index (χ0n) is 18.5. The largest absolute Gasteiger partial charge is 0.466 e. The maximum Gasteiger partial charge on any atom is 0.418 e. The molecule has 0 atom stereocenters. The van der Waals surface area contributed by atoms with Gasteiger partial charge in [-0.15, -0.1) is 0 Å². The van der Waals surface area contributed by atoms with Crippen LogP contribution in [-0.4, -0.2) is 50.7 Å². The molecule has 0 bridgehead atoms. The highest BCUT2D eigenvalue weighted by molar-refractivity contribution is 7.89. The first-order valence-electron chi connectivity index (χ1n) is 10.7. The van der Waals surface area contributed by atoms with E-state index in [4.69, 9.17) is 4.74 Å². The molecule has 0 unspecified atom stereocenters. The molecule has 1 aliphatic rings. The van der Waals surface area contributed by atoms with E-state index >= 15 is 0 Å². The third-order valence-corrected chi connectivity index (χ3v) is 7.43. The van der Waals surface area contributed by atoms with E-state index in [1.807, 2.05) is 0 Å². The molecule has 1 heterocycles. The second kappa shape index (κ2) is 10.6. The van der Waals surface area contributed by atoms with Crippen molar-refractivity contribution in [1.82, 2.24) is 4.31 Å². The van der Waals surface area contributed by atoms with Gasteiger partial charge in [0.05, 0.1) is 29.5 Å². The van der Waals surface area contributed by atoms with Gasteiger partial charge in [0.2, 0.25) is 10.0 Å². The van der Waals surface area contributed by atoms with Crippen LogP contribution in [0.2, 0.25) is 0 Å². The third-order valence-electron chi connectivity index (χ3n) is 5.54. The summed E-state index contributed by atoms with van der Waals surface area (Å²) in [5.74, 6) is -1.26. The van der Waals surface area contributed by atoms with Gasteiger partial charge in [-0.3, -0.25) is 9.59 Å². The first kappa shape index (κ1) is 25.7. The van der Waals surface area contributed by atoms with E-state index in [0.29, 0.717) is 12.8 Å². The van der Waals surface area contributed by atoms with Crippen molar-refractivity contribution in [2.75, 3.05) is 31.6 Å². The molecular weight excluding hydrogens is 473 g/mol. The lowest BCUT2D eigenvalue weighted by molar-refractivity contribution is -0.149. The Morgan fingerprint density at radius 1 is 1.09 bits per heavy atom. The summed E-state index contributed by atoms with van der Waals surface area (Å²) >= 11 is 0. The number of halogens is 3. The number of hydrogen-bond acceptors (Lipinski definition) is 6. The fraction of sp³-hybridized carbons (Fsp3) is 0.391. The Labute approximate surface area is 196 Å². The molecule has 0 saturated carbocycles. The predicted molar refractivity (Wildman–Crippen MR) is 119 cm³/mol. The van der Waals surface area contributed by atoms with Crippen molar-refractivity contribution in [3.8, 4) is 0 Å². The zero-order valence-corrected chi connectivity index (χ0v) is 19.3. The number of ether oxygens (including phenoxy) is 1. The van der Waals surface area contributed by atoms with Crippen LogP contribution in [0.5, 0.6) is 0 Å². The van der Waals surface area contributed by atoms with Gasteiger partial charge in [-0.05, 0) is 44.0 Å². The third kappa shape index (κ3) is 5.95. The van der Waals surface area contributed by atoms with Gasteiger partial charge in [0.15, 0.2) is 5.78 Å². The summed E-state index contributed by atoms with van der Waals surface area (Å²) in [5, 5.41) is 2.49. The molecule has 0 spiro atoms. The van der Waals surface area contributed by atoms with Crippen molar-refractivity contribution >= 4 is 27.5 Å².